The first-order chi connectivity index (χ1) is 12.4. The van der Waals surface area contributed by atoms with Crippen LogP contribution < -0.4 is 26.0 Å². The number of rotatable bonds is 1. The second kappa shape index (κ2) is 6.35. The normalized spacial score (nSPS) is 13.5. The van der Waals surface area contributed by atoms with Crippen LogP contribution in [0.25, 0.3) is 11.9 Å². The Labute approximate surface area is 158 Å². The second-order valence-electron chi connectivity index (χ2n) is 5.41. The van der Waals surface area contributed by atoms with Crippen molar-refractivity contribution in [3.05, 3.63) is 81.9 Å². The summed E-state index contributed by atoms with van der Waals surface area (Å²) in [6.07, 6.45) is 1.51. The lowest BCUT2D eigenvalue weighted by Crippen LogP contribution is -2.20. The number of aromatic amines is 1. The van der Waals surface area contributed by atoms with Gasteiger partial charge < -0.3 is 5.11 Å². The van der Waals surface area contributed by atoms with Crippen LogP contribution in [0.3, 0.4) is 0 Å². The number of fused-ring (bicyclic) bond motifs is 1. The van der Waals surface area contributed by atoms with Crippen LogP contribution in [0.2, 0.25) is 10.0 Å². The summed E-state index contributed by atoms with van der Waals surface area (Å²) in [4.78, 5) is 22.0. The Morgan fingerprint density at radius 2 is 1.77 bits per heavy atom. The molecule has 2 aromatic carbocycles. The fourth-order valence-corrected chi connectivity index (χ4v) is 3.47. The molecule has 3 aromatic rings. The van der Waals surface area contributed by atoms with Crippen LogP contribution in [0.5, 0.6) is 5.88 Å². The molecular weight excluding hydrogens is 400 g/mol. The summed E-state index contributed by atoms with van der Waals surface area (Å²) in [7, 11) is 0. The summed E-state index contributed by atoms with van der Waals surface area (Å²) in [6.45, 7) is 0. The molecule has 0 bridgehead atoms. The van der Waals surface area contributed by atoms with Gasteiger partial charge in [-0.3, -0.25) is 9.78 Å². The van der Waals surface area contributed by atoms with E-state index in [1.54, 1.807) is 18.2 Å². The molecule has 4 rings (SSSR count). The van der Waals surface area contributed by atoms with Crippen molar-refractivity contribution >= 4 is 46.4 Å². The SMILES string of the molecule is O=c1[nH]c(O)c(/C=c2\ccc(=C3N=c4cc(Cl)c(Cl)cc4=N3)c(F)c2)s1. The number of nitrogens with zero attached hydrogens (tertiary/aromatic N) is 2. The van der Waals surface area contributed by atoms with Gasteiger partial charge in [-0.25, -0.2) is 14.4 Å². The van der Waals surface area contributed by atoms with Crippen molar-refractivity contribution in [1.82, 2.24) is 4.98 Å². The first-order valence-corrected chi connectivity index (χ1v) is 8.84. The highest BCUT2D eigenvalue weighted by atomic mass is 35.5. The largest absolute Gasteiger partial charge is 0.493 e. The summed E-state index contributed by atoms with van der Waals surface area (Å²) in [6, 6.07) is 7.60. The van der Waals surface area contributed by atoms with E-state index in [4.69, 9.17) is 23.2 Å². The van der Waals surface area contributed by atoms with Gasteiger partial charge >= 0.3 is 4.87 Å². The van der Waals surface area contributed by atoms with Gasteiger partial charge in [0.25, 0.3) is 0 Å². The topological polar surface area (TPSA) is 77.8 Å². The van der Waals surface area contributed by atoms with Crippen LogP contribution >= 0.6 is 34.5 Å². The third-order valence-electron chi connectivity index (χ3n) is 3.66. The summed E-state index contributed by atoms with van der Waals surface area (Å²) >= 11 is 12.8. The molecule has 1 aliphatic rings. The van der Waals surface area contributed by atoms with Crippen molar-refractivity contribution in [2.75, 3.05) is 0 Å². The minimum absolute atomic E-state index is 0.219. The van der Waals surface area contributed by atoms with Gasteiger partial charge in [0.05, 0.1) is 30.9 Å². The molecule has 0 fully saturated rings. The van der Waals surface area contributed by atoms with E-state index in [-0.39, 0.29) is 21.8 Å². The van der Waals surface area contributed by atoms with Gasteiger partial charge in [0.1, 0.15) is 5.82 Å². The average molecular weight is 408 g/mol. The fourth-order valence-electron chi connectivity index (χ4n) is 2.46. The lowest BCUT2D eigenvalue weighted by molar-refractivity contribution is 0.455. The molecule has 130 valence electrons. The molecule has 2 N–H and O–H groups in total. The van der Waals surface area contributed by atoms with E-state index in [0.29, 0.717) is 30.9 Å². The van der Waals surface area contributed by atoms with Crippen LogP contribution in [0, 0.1) is 5.82 Å². The number of hydrogen-bond donors (Lipinski definition) is 2. The summed E-state index contributed by atoms with van der Waals surface area (Å²) in [5, 5.41) is 12.0. The summed E-state index contributed by atoms with van der Waals surface area (Å²) in [5.74, 6) is -0.561. The van der Waals surface area contributed by atoms with E-state index in [1.807, 2.05) is 0 Å². The molecule has 0 radical (unpaired) electrons. The van der Waals surface area contributed by atoms with Gasteiger partial charge in [-0.05, 0) is 35.6 Å². The Hall–Kier alpha value is -2.48. The number of aromatic hydroxyl groups is 1. The molecule has 1 aromatic heterocycles. The van der Waals surface area contributed by atoms with Gasteiger partial charge in [0.2, 0.25) is 5.88 Å². The molecule has 9 heteroatoms. The van der Waals surface area contributed by atoms with Crippen molar-refractivity contribution in [3.63, 3.8) is 0 Å². The lowest BCUT2D eigenvalue weighted by Gasteiger charge is -1.94. The molecule has 0 spiro atoms. The summed E-state index contributed by atoms with van der Waals surface area (Å²) in [5.41, 5.74) is 0. The Kier molecular flexibility index (Phi) is 4.14. The van der Waals surface area contributed by atoms with E-state index >= 15 is 0 Å². The number of H-pyrrole nitrogens is 1. The number of hydrogen-bond acceptors (Lipinski definition) is 5. The predicted octanol–water partition coefficient (Wildman–Crippen LogP) is 1.44. The highest BCUT2D eigenvalue weighted by molar-refractivity contribution is 7.10. The minimum Gasteiger partial charge on any atom is -0.493 e. The third-order valence-corrected chi connectivity index (χ3v) is 5.20. The lowest BCUT2D eigenvalue weighted by atomic mass is 10.2. The van der Waals surface area contributed by atoms with Gasteiger partial charge in [0.15, 0.2) is 5.82 Å². The molecule has 0 unspecified atom stereocenters. The van der Waals surface area contributed by atoms with Gasteiger partial charge in [-0.1, -0.05) is 40.6 Å². The van der Waals surface area contributed by atoms with Gasteiger partial charge in [-0.2, -0.15) is 0 Å². The Morgan fingerprint density at radius 1 is 1.12 bits per heavy atom. The number of aromatic nitrogens is 1. The van der Waals surface area contributed by atoms with Crippen molar-refractivity contribution in [2.24, 2.45) is 9.98 Å². The molecule has 26 heavy (non-hydrogen) atoms. The van der Waals surface area contributed by atoms with Crippen LogP contribution in [0.4, 0.5) is 4.39 Å². The van der Waals surface area contributed by atoms with Crippen molar-refractivity contribution in [2.45, 2.75) is 0 Å². The minimum atomic E-state index is -0.534. The predicted molar refractivity (Wildman–Crippen MR) is 98.0 cm³/mol. The smallest absolute Gasteiger partial charge is 0.307 e. The molecule has 0 atom stereocenters. The van der Waals surface area contributed by atoms with E-state index in [0.717, 1.165) is 11.3 Å². The fraction of sp³-hybridized carbons (Fsp3) is 0. The van der Waals surface area contributed by atoms with E-state index in [9.17, 15) is 14.3 Å². The molecular formula is C17H8Cl2FN3O2S. The number of benzene rings is 2. The van der Waals surface area contributed by atoms with Crippen molar-refractivity contribution in [3.8, 4) is 5.88 Å². The molecule has 0 saturated heterocycles. The Morgan fingerprint density at radius 3 is 2.31 bits per heavy atom. The zero-order chi connectivity index (χ0) is 18.4. The molecule has 0 amide bonds. The van der Waals surface area contributed by atoms with Gasteiger partial charge in [-0.15, -0.1) is 0 Å². The van der Waals surface area contributed by atoms with Crippen molar-refractivity contribution in [1.29, 1.82) is 0 Å². The highest BCUT2D eigenvalue weighted by Crippen LogP contribution is 2.18. The zero-order valence-electron chi connectivity index (χ0n) is 12.8. The quantitative estimate of drug-likeness (QED) is 0.639. The second-order valence-corrected chi connectivity index (χ2v) is 7.24. The van der Waals surface area contributed by atoms with Crippen LogP contribution in [0.15, 0.2) is 45.1 Å². The number of thiazole rings is 1. The summed E-state index contributed by atoms with van der Waals surface area (Å²) < 4.78 is 14.6. The number of nitrogens with one attached hydrogen (secondary N) is 1. The maximum absolute atomic E-state index is 14.6. The average Bonchev–Trinajstić information content (AvgIpc) is 3.10. The maximum Gasteiger partial charge on any atom is 0.307 e. The van der Waals surface area contributed by atoms with Crippen LogP contribution in [0.1, 0.15) is 4.88 Å². The Bertz CT molecular complexity index is 1320. The first-order valence-electron chi connectivity index (χ1n) is 7.27. The molecule has 5 nitrogen and oxygen atoms in total. The molecule has 0 saturated carbocycles. The number of halogens is 3. The molecule has 0 aliphatic carbocycles. The van der Waals surface area contributed by atoms with Crippen LogP contribution in [-0.4, -0.2) is 10.1 Å². The van der Waals surface area contributed by atoms with E-state index < -0.39 is 5.82 Å². The van der Waals surface area contributed by atoms with E-state index in [1.165, 1.54) is 18.2 Å². The third kappa shape index (κ3) is 3.05. The standard InChI is InChI=1S/C17H8Cl2FN3O2S/c18-9-5-12-13(6-10(9)19)22-15(21-12)8-2-1-7(3-11(8)20)4-14-16(24)23-17(25)26-14/h1-6,24H,(H,23,25)/b7-4+. The Balaban J connectivity index is 1.87. The van der Waals surface area contributed by atoms with Gasteiger partial charge in [0, 0.05) is 0 Å². The highest BCUT2D eigenvalue weighted by Gasteiger charge is 2.09. The van der Waals surface area contributed by atoms with Crippen LogP contribution in [-0.2, 0) is 0 Å². The first kappa shape index (κ1) is 17.0. The molecule has 1 aliphatic heterocycles. The molecule has 2 heterocycles. The zero-order valence-corrected chi connectivity index (χ0v) is 15.1. The maximum atomic E-state index is 14.6. The monoisotopic (exact) mass is 407 g/mol. The van der Waals surface area contributed by atoms with E-state index in [2.05, 4.69) is 15.0 Å². The van der Waals surface area contributed by atoms with Crippen molar-refractivity contribution < 1.29 is 9.50 Å².